The molecule has 0 aromatic heterocycles. The summed E-state index contributed by atoms with van der Waals surface area (Å²) in [5, 5.41) is 0.546. The molecule has 0 aliphatic carbocycles. The summed E-state index contributed by atoms with van der Waals surface area (Å²) >= 11 is 1.26. The summed E-state index contributed by atoms with van der Waals surface area (Å²) in [7, 11) is 1.56. The van der Waals surface area contributed by atoms with E-state index in [0.717, 1.165) is 0 Å². The minimum atomic E-state index is -0.332. The van der Waals surface area contributed by atoms with Crippen molar-refractivity contribution in [1.29, 1.82) is 0 Å². The minimum Gasteiger partial charge on any atom is -0.496 e. The van der Waals surface area contributed by atoms with Gasteiger partial charge in [0.15, 0.2) is 16.7 Å². The molecule has 8 heteroatoms. The fourth-order valence-electron chi connectivity index (χ4n) is 2.87. The number of amidine groups is 1. The van der Waals surface area contributed by atoms with Crippen LogP contribution in [-0.2, 0) is 4.79 Å². The predicted molar refractivity (Wildman–Crippen MR) is 106 cm³/mol. The normalized spacial score (nSPS) is 18.4. The Kier molecular flexibility index (Phi) is 4.95. The maximum Gasteiger partial charge on any atom is 0.266 e. The maximum absolute atomic E-state index is 13.1. The van der Waals surface area contributed by atoms with Crippen LogP contribution >= 0.6 is 11.8 Å². The first-order valence-electron chi connectivity index (χ1n) is 8.62. The summed E-state index contributed by atoms with van der Waals surface area (Å²) in [6.07, 6.45) is 1.75. The Morgan fingerprint density at radius 1 is 1.25 bits per heavy atom. The van der Waals surface area contributed by atoms with Gasteiger partial charge in [-0.2, -0.15) is 0 Å². The highest BCUT2D eigenvalue weighted by Crippen LogP contribution is 2.41. The highest BCUT2D eigenvalue weighted by atomic mass is 32.2. The molecule has 1 saturated heterocycles. The molecule has 2 heterocycles. The molecule has 0 bridgehead atoms. The molecule has 2 aliphatic heterocycles. The number of ether oxygens (including phenoxy) is 3. The van der Waals surface area contributed by atoms with Crippen molar-refractivity contribution in [2.45, 2.75) is 6.92 Å². The molecule has 2 aliphatic rings. The Hall–Kier alpha value is -3.00. The van der Waals surface area contributed by atoms with Gasteiger partial charge in [-0.05, 0) is 55.1 Å². The van der Waals surface area contributed by atoms with Crippen LogP contribution in [0.3, 0.4) is 0 Å². The number of fused-ring (bicyclic) bond motifs is 1. The van der Waals surface area contributed by atoms with Crippen LogP contribution in [0.25, 0.3) is 6.08 Å². The summed E-state index contributed by atoms with van der Waals surface area (Å²) in [6.45, 7) is 2.51. The highest BCUT2D eigenvalue weighted by Gasteiger charge is 2.32. The Balaban J connectivity index is 1.69. The second-order valence-electron chi connectivity index (χ2n) is 5.98. The van der Waals surface area contributed by atoms with Crippen LogP contribution < -0.4 is 14.2 Å². The van der Waals surface area contributed by atoms with Gasteiger partial charge in [0, 0.05) is 18.2 Å². The van der Waals surface area contributed by atoms with E-state index in [1.165, 1.54) is 23.9 Å². The molecule has 0 unspecified atom stereocenters. The first-order chi connectivity index (χ1) is 13.6. The number of carbonyl (C=O) groups excluding carboxylic acids is 1. The lowest BCUT2D eigenvalue weighted by Gasteiger charge is -2.12. The number of nitrogens with zero attached hydrogens (tertiary/aromatic N) is 2. The van der Waals surface area contributed by atoms with Gasteiger partial charge in [-0.1, -0.05) is 0 Å². The maximum atomic E-state index is 13.1. The van der Waals surface area contributed by atoms with E-state index in [-0.39, 0.29) is 18.5 Å². The quantitative estimate of drug-likeness (QED) is 0.721. The zero-order chi connectivity index (χ0) is 19.7. The van der Waals surface area contributed by atoms with Crippen molar-refractivity contribution < 1.29 is 23.4 Å². The first kappa shape index (κ1) is 18.4. The number of likely N-dealkylation sites (N-methyl/N-ethyl adjacent to an activating group) is 1. The van der Waals surface area contributed by atoms with Crippen molar-refractivity contribution in [2.75, 3.05) is 20.4 Å². The van der Waals surface area contributed by atoms with Crippen molar-refractivity contribution in [2.24, 2.45) is 4.99 Å². The van der Waals surface area contributed by atoms with Crippen molar-refractivity contribution in [3.63, 3.8) is 0 Å². The van der Waals surface area contributed by atoms with Crippen LogP contribution in [0.1, 0.15) is 12.5 Å². The van der Waals surface area contributed by atoms with Gasteiger partial charge in [-0.25, -0.2) is 9.38 Å². The predicted octanol–water partition coefficient (Wildman–Crippen LogP) is 4.19. The van der Waals surface area contributed by atoms with Crippen molar-refractivity contribution in [3.05, 3.63) is 52.7 Å². The topological polar surface area (TPSA) is 60.4 Å². The van der Waals surface area contributed by atoms with E-state index in [1.807, 2.05) is 6.92 Å². The molecule has 1 fully saturated rings. The van der Waals surface area contributed by atoms with E-state index in [4.69, 9.17) is 14.2 Å². The molecular weight excluding hydrogens is 383 g/mol. The lowest BCUT2D eigenvalue weighted by atomic mass is 10.1. The van der Waals surface area contributed by atoms with E-state index in [9.17, 15) is 9.18 Å². The smallest absolute Gasteiger partial charge is 0.266 e. The Labute approximate surface area is 165 Å². The zero-order valence-corrected chi connectivity index (χ0v) is 16.1. The van der Waals surface area contributed by atoms with Gasteiger partial charge < -0.3 is 14.2 Å². The third-order valence-electron chi connectivity index (χ3n) is 4.27. The molecule has 0 N–H and O–H groups in total. The first-order valence-corrected chi connectivity index (χ1v) is 9.44. The summed E-state index contributed by atoms with van der Waals surface area (Å²) < 4.78 is 29.3. The molecule has 6 nitrogen and oxygen atoms in total. The number of rotatable bonds is 4. The van der Waals surface area contributed by atoms with Gasteiger partial charge in [0.1, 0.15) is 11.6 Å². The molecule has 4 rings (SSSR count). The molecule has 0 radical (unpaired) electrons. The van der Waals surface area contributed by atoms with Crippen LogP contribution in [0.2, 0.25) is 0 Å². The molecule has 2 aromatic carbocycles. The summed E-state index contributed by atoms with van der Waals surface area (Å²) in [4.78, 5) is 19.4. The monoisotopic (exact) mass is 400 g/mol. The number of amides is 1. The van der Waals surface area contributed by atoms with Gasteiger partial charge in [0.05, 0.1) is 17.7 Å². The number of benzene rings is 2. The van der Waals surface area contributed by atoms with Crippen LogP contribution in [0.4, 0.5) is 10.1 Å². The van der Waals surface area contributed by atoms with E-state index in [2.05, 4.69) is 4.99 Å². The van der Waals surface area contributed by atoms with Crippen molar-refractivity contribution in [1.82, 2.24) is 4.90 Å². The third kappa shape index (κ3) is 3.43. The molecule has 28 heavy (non-hydrogen) atoms. The largest absolute Gasteiger partial charge is 0.496 e. The molecule has 0 saturated carbocycles. The summed E-state index contributed by atoms with van der Waals surface area (Å²) in [5.41, 5.74) is 1.29. The molecule has 144 valence electrons. The number of methoxy groups -OCH3 is 1. The fraction of sp³-hybridized carbons (Fsp3) is 0.200. The van der Waals surface area contributed by atoms with Gasteiger partial charge in [-0.3, -0.25) is 9.69 Å². The average molecular weight is 400 g/mol. The van der Waals surface area contributed by atoms with Gasteiger partial charge >= 0.3 is 0 Å². The summed E-state index contributed by atoms with van der Waals surface area (Å²) in [6, 6.07) is 9.35. The molecule has 2 aromatic rings. The van der Waals surface area contributed by atoms with Crippen LogP contribution in [0.15, 0.2) is 46.3 Å². The molecule has 0 atom stereocenters. The van der Waals surface area contributed by atoms with E-state index < -0.39 is 0 Å². The van der Waals surface area contributed by atoms with Crippen LogP contribution in [-0.4, -0.2) is 36.4 Å². The van der Waals surface area contributed by atoms with E-state index in [0.29, 0.717) is 45.1 Å². The second-order valence-corrected chi connectivity index (χ2v) is 6.99. The molecule has 0 spiro atoms. The number of hydrogen-bond acceptors (Lipinski definition) is 6. The Morgan fingerprint density at radius 2 is 1.96 bits per heavy atom. The van der Waals surface area contributed by atoms with E-state index >= 15 is 0 Å². The standard InChI is InChI=1S/C20H17FN2O4S/c1-3-23-19(24)18(28-20(23)22-14-6-4-13(21)5-7-14)9-12-8-16-17(27-11-26-16)10-15(12)25-2/h4-10H,3,11H2,1-2H3/b18-9+,22-20?. The molecule has 1 amide bonds. The van der Waals surface area contributed by atoms with Gasteiger partial charge in [-0.15, -0.1) is 0 Å². The fourth-order valence-corrected chi connectivity index (χ4v) is 3.92. The SMILES string of the molecule is CCN1C(=O)/C(=C\c2cc3c(cc2OC)OCO3)SC1=Nc1ccc(F)cc1. The summed E-state index contributed by atoms with van der Waals surface area (Å²) in [5.74, 6) is 1.32. The van der Waals surface area contributed by atoms with E-state index in [1.54, 1.807) is 42.4 Å². The van der Waals surface area contributed by atoms with Crippen molar-refractivity contribution in [3.8, 4) is 17.2 Å². The number of carbonyl (C=O) groups is 1. The Morgan fingerprint density at radius 3 is 2.64 bits per heavy atom. The van der Waals surface area contributed by atoms with Gasteiger partial charge in [0.2, 0.25) is 6.79 Å². The number of thioether (sulfide) groups is 1. The van der Waals surface area contributed by atoms with Crippen LogP contribution in [0, 0.1) is 5.82 Å². The third-order valence-corrected chi connectivity index (χ3v) is 5.27. The zero-order valence-electron chi connectivity index (χ0n) is 15.3. The number of halogens is 1. The highest BCUT2D eigenvalue weighted by molar-refractivity contribution is 8.18. The Bertz CT molecular complexity index is 988. The second kappa shape index (κ2) is 7.55. The number of hydrogen-bond donors (Lipinski definition) is 0. The molecular formula is C20H17FN2O4S. The average Bonchev–Trinajstić information content (AvgIpc) is 3.27. The van der Waals surface area contributed by atoms with Crippen molar-refractivity contribution >= 4 is 34.6 Å². The lowest BCUT2D eigenvalue weighted by Crippen LogP contribution is -2.28. The lowest BCUT2D eigenvalue weighted by molar-refractivity contribution is -0.122. The van der Waals surface area contributed by atoms with Gasteiger partial charge in [0.25, 0.3) is 5.91 Å². The minimum absolute atomic E-state index is 0.145. The van der Waals surface area contributed by atoms with Crippen LogP contribution in [0.5, 0.6) is 17.2 Å². The number of aliphatic imine (C=N–C) groups is 1.